The lowest BCUT2D eigenvalue weighted by atomic mass is 10.2. The molecule has 126 valence electrons. The van der Waals surface area contributed by atoms with Crippen LogP contribution < -0.4 is 4.90 Å². The summed E-state index contributed by atoms with van der Waals surface area (Å²) < 4.78 is 0. The van der Waals surface area contributed by atoms with Crippen LogP contribution in [-0.2, 0) is 4.79 Å². The molecule has 5 heteroatoms. The van der Waals surface area contributed by atoms with Crippen molar-refractivity contribution in [2.24, 2.45) is 0 Å². The Hall–Kier alpha value is -1.65. The Morgan fingerprint density at radius 1 is 1.04 bits per heavy atom. The highest BCUT2D eigenvalue weighted by molar-refractivity contribution is 8.00. The zero-order valence-corrected chi connectivity index (χ0v) is 15.3. The van der Waals surface area contributed by atoms with Crippen molar-refractivity contribution in [3.8, 4) is 0 Å². The summed E-state index contributed by atoms with van der Waals surface area (Å²) in [7, 11) is 0. The number of anilines is 1. The van der Waals surface area contributed by atoms with E-state index in [0.717, 1.165) is 41.8 Å². The Morgan fingerprint density at radius 3 is 2.42 bits per heavy atom. The standard InChI is InChI=1S/C19H21ClN2OS/c1-15(24-18-8-3-2-4-9-18)19(23)22-12-10-21(11-13-22)17-7-5-6-16(20)14-17/h2-9,14-15H,10-13H2,1H3/t15-/m0/s1. The predicted molar refractivity (Wildman–Crippen MR) is 102 cm³/mol. The predicted octanol–water partition coefficient (Wildman–Crippen LogP) is 4.17. The van der Waals surface area contributed by atoms with Gasteiger partial charge in [0, 0.05) is 41.8 Å². The van der Waals surface area contributed by atoms with Gasteiger partial charge in [-0.25, -0.2) is 0 Å². The number of hydrogen-bond donors (Lipinski definition) is 0. The van der Waals surface area contributed by atoms with Crippen molar-refractivity contribution in [3.05, 3.63) is 59.6 Å². The maximum absolute atomic E-state index is 12.7. The van der Waals surface area contributed by atoms with Crippen molar-refractivity contribution in [2.75, 3.05) is 31.1 Å². The Balaban J connectivity index is 1.55. The minimum atomic E-state index is -0.0647. The molecule has 3 nitrogen and oxygen atoms in total. The molecule has 0 spiro atoms. The first kappa shape index (κ1) is 17.2. The number of benzene rings is 2. The van der Waals surface area contributed by atoms with E-state index in [0.29, 0.717) is 0 Å². The monoisotopic (exact) mass is 360 g/mol. The van der Waals surface area contributed by atoms with Gasteiger partial charge in [-0.05, 0) is 37.3 Å². The summed E-state index contributed by atoms with van der Waals surface area (Å²) in [4.78, 5) is 18.1. The van der Waals surface area contributed by atoms with E-state index < -0.39 is 0 Å². The number of rotatable bonds is 4. The largest absolute Gasteiger partial charge is 0.368 e. The van der Waals surface area contributed by atoms with Gasteiger partial charge in [-0.3, -0.25) is 4.79 Å². The number of nitrogens with zero attached hydrogens (tertiary/aromatic N) is 2. The summed E-state index contributed by atoms with van der Waals surface area (Å²) >= 11 is 7.69. The molecule has 1 heterocycles. The number of carbonyl (C=O) groups is 1. The van der Waals surface area contributed by atoms with Gasteiger partial charge in [0.2, 0.25) is 5.91 Å². The maximum Gasteiger partial charge on any atom is 0.235 e. The van der Waals surface area contributed by atoms with E-state index in [1.165, 1.54) is 0 Å². The van der Waals surface area contributed by atoms with E-state index in [2.05, 4.69) is 11.0 Å². The third kappa shape index (κ3) is 4.25. The molecule has 1 aliphatic heterocycles. The van der Waals surface area contributed by atoms with Crippen LogP contribution in [0.5, 0.6) is 0 Å². The smallest absolute Gasteiger partial charge is 0.235 e. The van der Waals surface area contributed by atoms with Crippen LogP contribution in [0.4, 0.5) is 5.69 Å². The Labute approximate surface area is 152 Å². The summed E-state index contributed by atoms with van der Waals surface area (Å²) in [6.45, 7) is 5.18. The van der Waals surface area contributed by atoms with E-state index in [1.54, 1.807) is 11.8 Å². The zero-order valence-electron chi connectivity index (χ0n) is 13.7. The highest BCUT2D eigenvalue weighted by Crippen LogP contribution is 2.25. The fraction of sp³-hybridized carbons (Fsp3) is 0.316. The minimum Gasteiger partial charge on any atom is -0.368 e. The SMILES string of the molecule is C[C@H](Sc1ccccc1)C(=O)N1CCN(c2cccc(Cl)c2)CC1. The lowest BCUT2D eigenvalue weighted by molar-refractivity contribution is -0.130. The molecule has 24 heavy (non-hydrogen) atoms. The number of amides is 1. The fourth-order valence-corrected chi connectivity index (χ4v) is 4.03. The number of piperazine rings is 1. The van der Waals surface area contributed by atoms with Crippen LogP contribution in [0.25, 0.3) is 0 Å². The molecular formula is C19H21ClN2OS. The Bertz CT molecular complexity index is 687. The second-order valence-corrected chi connectivity index (χ2v) is 7.72. The van der Waals surface area contributed by atoms with Crippen LogP contribution in [-0.4, -0.2) is 42.2 Å². The van der Waals surface area contributed by atoms with Gasteiger partial charge in [0.15, 0.2) is 0 Å². The van der Waals surface area contributed by atoms with E-state index in [-0.39, 0.29) is 11.2 Å². The van der Waals surface area contributed by atoms with Gasteiger partial charge in [0.05, 0.1) is 5.25 Å². The molecule has 2 aromatic rings. The summed E-state index contributed by atoms with van der Waals surface area (Å²) in [6.07, 6.45) is 0. The average molecular weight is 361 g/mol. The summed E-state index contributed by atoms with van der Waals surface area (Å²) in [6, 6.07) is 18.0. The molecule has 1 aliphatic rings. The molecule has 0 aromatic heterocycles. The van der Waals surface area contributed by atoms with Gasteiger partial charge >= 0.3 is 0 Å². The molecule has 0 N–H and O–H groups in total. The number of thioether (sulfide) groups is 1. The van der Waals surface area contributed by atoms with Gasteiger partial charge in [0.1, 0.15) is 0 Å². The summed E-state index contributed by atoms with van der Waals surface area (Å²) in [5.74, 6) is 0.217. The molecule has 2 aromatic carbocycles. The van der Waals surface area contributed by atoms with E-state index in [1.807, 2.05) is 60.4 Å². The number of halogens is 1. The van der Waals surface area contributed by atoms with Crippen LogP contribution in [0.3, 0.4) is 0 Å². The topological polar surface area (TPSA) is 23.6 Å². The number of carbonyl (C=O) groups excluding carboxylic acids is 1. The minimum absolute atomic E-state index is 0.0647. The first-order valence-electron chi connectivity index (χ1n) is 8.14. The quantitative estimate of drug-likeness (QED) is 0.764. The van der Waals surface area contributed by atoms with Gasteiger partial charge in [-0.2, -0.15) is 0 Å². The summed E-state index contributed by atoms with van der Waals surface area (Å²) in [5, 5.41) is 0.684. The van der Waals surface area contributed by atoms with Crippen molar-refractivity contribution in [3.63, 3.8) is 0 Å². The van der Waals surface area contributed by atoms with Gasteiger partial charge in [0.25, 0.3) is 0 Å². The van der Waals surface area contributed by atoms with Crippen molar-refractivity contribution in [2.45, 2.75) is 17.1 Å². The second-order valence-electron chi connectivity index (χ2n) is 5.87. The van der Waals surface area contributed by atoms with E-state index in [9.17, 15) is 4.79 Å². The Morgan fingerprint density at radius 2 is 1.75 bits per heavy atom. The first-order valence-corrected chi connectivity index (χ1v) is 9.40. The average Bonchev–Trinajstić information content (AvgIpc) is 2.62. The molecule has 0 aliphatic carbocycles. The number of hydrogen-bond acceptors (Lipinski definition) is 3. The van der Waals surface area contributed by atoms with E-state index in [4.69, 9.17) is 11.6 Å². The molecule has 1 fully saturated rings. The van der Waals surface area contributed by atoms with Crippen LogP contribution in [0, 0.1) is 0 Å². The van der Waals surface area contributed by atoms with Gasteiger partial charge < -0.3 is 9.80 Å². The molecule has 1 atom stereocenters. The lowest BCUT2D eigenvalue weighted by Crippen LogP contribution is -2.50. The van der Waals surface area contributed by atoms with Crippen molar-refractivity contribution >= 4 is 35.0 Å². The van der Waals surface area contributed by atoms with Crippen LogP contribution in [0.1, 0.15) is 6.92 Å². The summed E-state index contributed by atoms with van der Waals surface area (Å²) in [5.41, 5.74) is 1.13. The molecular weight excluding hydrogens is 340 g/mol. The normalized spacial score (nSPS) is 16.1. The molecule has 0 radical (unpaired) electrons. The first-order chi connectivity index (χ1) is 11.6. The maximum atomic E-state index is 12.7. The lowest BCUT2D eigenvalue weighted by Gasteiger charge is -2.37. The van der Waals surface area contributed by atoms with Crippen molar-refractivity contribution < 1.29 is 4.79 Å². The highest BCUT2D eigenvalue weighted by atomic mass is 35.5. The van der Waals surface area contributed by atoms with E-state index >= 15 is 0 Å². The molecule has 0 saturated carbocycles. The Kier molecular flexibility index (Phi) is 5.69. The third-order valence-electron chi connectivity index (χ3n) is 4.17. The van der Waals surface area contributed by atoms with Gasteiger partial charge in [-0.15, -0.1) is 11.8 Å². The van der Waals surface area contributed by atoms with Crippen molar-refractivity contribution in [1.29, 1.82) is 0 Å². The highest BCUT2D eigenvalue weighted by Gasteiger charge is 2.25. The molecule has 0 bridgehead atoms. The van der Waals surface area contributed by atoms with Crippen LogP contribution >= 0.6 is 23.4 Å². The molecule has 1 saturated heterocycles. The third-order valence-corrected chi connectivity index (χ3v) is 5.50. The van der Waals surface area contributed by atoms with Crippen molar-refractivity contribution in [1.82, 2.24) is 4.90 Å². The van der Waals surface area contributed by atoms with Gasteiger partial charge in [-0.1, -0.05) is 35.9 Å². The zero-order chi connectivity index (χ0) is 16.9. The van der Waals surface area contributed by atoms with Crippen LogP contribution in [0.15, 0.2) is 59.5 Å². The molecule has 1 amide bonds. The second kappa shape index (κ2) is 7.95. The molecule has 3 rings (SSSR count). The van der Waals surface area contributed by atoms with Crippen LogP contribution in [0.2, 0.25) is 5.02 Å². The molecule has 0 unspecified atom stereocenters. The fourth-order valence-electron chi connectivity index (χ4n) is 2.87.